The van der Waals surface area contributed by atoms with Crippen LogP contribution in [0.2, 0.25) is 0 Å². The predicted octanol–water partition coefficient (Wildman–Crippen LogP) is 1.91. The number of hydrazine groups is 1. The molecule has 1 heterocycles. The van der Waals surface area contributed by atoms with Gasteiger partial charge in [0.05, 0.1) is 5.69 Å². The highest BCUT2D eigenvalue weighted by atomic mass is 15.3. The molecule has 0 aliphatic rings. The maximum atomic E-state index is 5.38. The molecule has 1 atom stereocenters. The fourth-order valence-electron chi connectivity index (χ4n) is 1.19. The van der Waals surface area contributed by atoms with Gasteiger partial charge >= 0.3 is 0 Å². The normalized spacial score (nSPS) is 13.8. The smallest absolute Gasteiger partial charge is 0.162 e. The average molecular weight is 194 g/mol. The first kappa shape index (κ1) is 10.9. The van der Waals surface area contributed by atoms with E-state index in [4.69, 9.17) is 5.84 Å². The molecule has 0 aliphatic heterocycles. The van der Waals surface area contributed by atoms with Crippen molar-refractivity contribution in [1.82, 2.24) is 9.97 Å². The lowest BCUT2D eigenvalue weighted by Crippen LogP contribution is -2.20. The summed E-state index contributed by atoms with van der Waals surface area (Å²) in [5.41, 5.74) is 3.65. The molecule has 3 N–H and O–H groups in total. The summed E-state index contributed by atoms with van der Waals surface area (Å²) < 4.78 is 0. The summed E-state index contributed by atoms with van der Waals surface area (Å²) in [6.45, 7) is 8.65. The molecule has 0 saturated heterocycles. The lowest BCUT2D eigenvalue weighted by atomic mass is 9.80. The van der Waals surface area contributed by atoms with Gasteiger partial charge in [-0.3, -0.25) is 4.98 Å². The number of rotatable bonds is 2. The molecule has 1 unspecified atom stereocenters. The van der Waals surface area contributed by atoms with E-state index in [-0.39, 0.29) is 5.41 Å². The SMILES string of the molecule is CC(c1nccnc1NN)C(C)(C)C. The van der Waals surface area contributed by atoms with Gasteiger partial charge in [-0.15, -0.1) is 0 Å². The third-order valence-electron chi connectivity index (χ3n) is 2.57. The second kappa shape index (κ2) is 3.92. The quantitative estimate of drug-likeness (QED) is 0.557. The molecule has 0 amide bonds. The lowest BCUT2D eigenvalue weighted by molar-refractivity contribution is 0.334. The van der Waals surface area contributed by atoms with Crippen LogP contribution in [0.5, 0.6) is 0 Å². The van der Waals surface area contributed by atoms with Crippen molar-refractivity contribution in [1.29, 1.82) is 0 Å². The second-order valence-corrected chi connectivity index (χ2v) is 4.52. The summed E-state index contributed by atoms with van der Waals surface area (Å²) in [5.74, 6) is 6.35. The van der Waals surface area contributed by atoms with Crippen molar-refractivity contribution in [3.63, 3.8) is 0 Å². The fourth-order valence-corrected chi connectivity index (χ4v) is 1.19. The Morgan fingerprint density at radius 3 is 2.36 bits per heavy atom. The molecular weight excluding hydrogens is 176 g/mol. The molecule has 0 bridgehead atoms. The van der Waals surface area contributed by atoms with E-state index in [0.717, 1.165) is 5.69 Å². The summed E-state index contributed by atoms with van der Waals surface area (Å²) in [4.78, 5) is 8.44. The Hall–Kier alpha value is -1.16. The van der Waals surface area contributed by atoms with Crippen LogP contribution in [0.15, 0.2) is 12.4 Å². The standard InChI is InChI=1S/C10H18N4/c1-7(10(2,3)4)8-9(14-11)13-6-5-12-8/h5-7H,11H2,1-4H3,(H,13,14). The third kappa shape index (κ3) is 2.20. The summed E-state index contributed by atoms with van der Waals surface area (Å²) in [6.07, 6.45) is 3.33. The van der Waals surface area contributed by atoms with Crippen molar-refractivity contribution in [3.05, 3.63) is 18.1 Å². The van der Waals surface area contributed by atoms with E-state index < -0.39 is 0 Å². The van der Waals surface area contributed by atoms with Crippen molar-refractivity contribution < 1.29 is 0 Å². The molecule has 1 aromatic heterocycles. The number of nitrogens with zero attached hydrogens (tertiary/aromatic N) is 2. The van der Waals surface area contributed by atoms with Crippen molar-refractivity contribution in [2.24, 2.45) is 11.3 Å². The highest BCUT2D eigenvalue weighted by molar-refractivity contribution is 5.40. The zero-order valence-corrected chi connectivity index (χ0v) is 9.20. The van der Waals surface area contributed by atoms with Crippen molar-refractivity contribution >= 4 is 5.82 Å². The Morgan fingerprint density at radius 1 is 1.29 bits per heavy atom. The average Bonchev–Trinajstić information content (AvgIpc) is 2.15. The van der Waals surface area contributed by atoms with Gasteiger partial charge in [0.25, 0.3) is 0 Å². The van der Waals surface area contributed by atoms with Crippen LogP contribution in [0.3, 0.4) is 0 Å². The molecule has 78 valence electrons. The minimum atomic E-state index is 0.154. The van der Waals surface area contributed by atoms with E-state index in [2.05, 4.69) is 43.1 Å². The van der Waals surface area contributed by atoms with Crippen LogP contribution in [0.25, 0.3) is 0 Å². The van der Waals surface area contributed by atoms with Crippen LogP contribution in [-0.4, -0.2) is 9.97 Å². The predicted molar refractivity (Wildman–Crippen MR) is 57.7 cm³/mol. The molecule has 0 aliphatic carbocycles. The lowest BCUT2D eigenvalue weighted by Gasteiger charge is -2.27. The van der Waals surface area contributed by atoms with Crippen LogP contribution in [-0.2, 0) is 0 Å². The number of nitrogens with one attached hydrogen (secondary N) is 1. The fraction of sp³-hybridized carbons (Fsp3) is 0.600. The summed E-state index contributed by atoms with van der Waals surface area (Å²) in [7, 11) is 0. The van der Waals surface area contributed by atoms with Crippen molar-refractivity contribution in [3.8, 4) is 0 Å². The van der Waals surface area contributed by atoms with E-state index in [1.807, 2.05) is 0 Å². The molecule has 0 saturated carbocycles. The Bertz CT molecular complexity index is 303. The maximum absolute atomic E-state index is 5.38. The van der Waals surface area contributed by atoms with Gasteiger partial charge in [-0.1, -0.05) is 27.7 Å². The minimum Gasteiger partial charge on any atom is -0.307 e. The molecular formula is C10H18N4. The zero-order valence-electron chi connectivity index (χ0n) is 9.20. The highest BCUT2D eigenvalue weighted by Crippen LogP contribution is 2.35. The van der Waals surface area contributed by atoms with Crippen LogP contribution >= 0.6 is 0 Å². The summed E-state index contributed by atoms with van der Waals surface area (Å²) >= 11 is 0. The Labute approximate surface area is 84.9 Å². The van der Waals surface area contributed by atoms with Crippen LogP contribution < -0.4 is 11.3 Å². The van der Waals surface area contributed by atoms with Crippen molar-refractivity contribution in [2.75, 3.05) is 5.43 Å². The summed E-state index contributed by atoms with van der Waals surface area (Å²) in [5, 5.41) is 0. The molecule has 4 nitrogen and oxygen atoms in total. The van der Waals surface area contributed by atoms with Crippen LogP contribution in [0.1, 0.15) is 39.3 Å². The van der Waals surface area contributed by atoms with Gasteiger partial charge in [0.2, 0.25) is 0 Å². The second-order valence-electron chi connectivity index (χ2n) is 4.52. The van der Waals surface area contributed by atoms with E-state index in [9.17, 15) is 0 Å². The van der Waals surface area contributed by atoms with Crippen molar-refractivity contribution in [2.45, 2.75) is 33.6 Å². The van der Waals surface area contributed by atoms with E-state index in [0.29, 0.717) is 11.7 Å². The van der Waals surface area contributed by atoms with Gasteiger partial charge < -0.3 is 5.43 Å². The maximum Gasteiger partial charge on any atom is 0.162 e. The number of anilines is 1. The number of hydrogen-bond donors (Lipinski definition) is 2. The molecule has 0 aromatic carbocycles. The topological polar surface area (TPSA) is 63.8 Å². The minimum absolute atomic E-state index is 0.154. The van der Waals surface area contributed by atoms with Gasteiger partial charge in [-0.25, -0.2) is 10.8 Å². The molecule has 1 rings (SSSR count). The molecule has 14 heavy (non-hydrogen) atoms. The Balaban J connectivity index is 3.06. The first-order valence-corrected chi connectivity index (χ1v) is 4.74. The van der Waals surface area contributed by atoms with Gasteiger partial charge in [-0.2, -0.15) is 0 Å². The van der Waals surface area contributed by atoms with Gasteiger partial charge in [0.1, 0.15) is 0 Å². The Kier molecular flexibility index (Phi) is 3.06. The first-order valence-electron chi connectivity index (χ1n) is 4.74. The molecule has 1 aromatic rings. The van der Waals surface area contributed by atoms with E-state index in [1.54, 1.807) is 12.4 Å². The van der Waals surface area contributed by atoms with Gasteiger partial charge in [-0.05, 0) is 5.41 Å². The number of hydrogen-bond acceptors (Lipinski definition) is 4. The van der Waals surface area contributed by atoms with Crippen LogP contribution in [0, 0.1) is 5.41 Å². The molecule has 4 heteroatoms. The van der Waals surface area contributed by atoms with Gasteiger partial charge in [0.15, 0.2) is 5.82 Å². The van der Waals surface area contributed by atoms with Crippen LogP contribution in [0.4, 0.5) is 5.82 Å². The third-order valence-corrected chi connectivity index (χ3v) is 2.57. The number of nitrogen functional groups attached to an aromatic ring is 1. The largest absolute Gasteiger partial charge is 0.307 e. The number of nitrogens with two attached hydrogens (primary N) is 1. The number of aromatic nitrogens is 2. The van der Waals surface area contributed by atoms with Gasteiger partial charge in [0, 0.05) is 18.3 Å². The Morgan fingerprint density at radius 2 is 1.86 bits per heavy atom. The first-order chi connectivity index (χ1) is 6.46. The molecule has 0 spiro atoms. The van der Waals surface area contributed by atoms with E-state index in [1.165, 1.54) is 0 Å². The highest BCUT2D eigenvalue weighted by Gasteiger charge is 2.25. The monoisotopic (exact) mass is 194 g/mol. The molecule has 0 radical (unpaired) electrons. The zero-order chi connectivity index (χ0) is 10.8. The summed E-state index contributed by atoms with van der Waals surface area (Å²) in [6, 6.07) is 0. The van der Waals surface area contributed by atoms with E-state index >= 15 is 0 Å². The molecule has 0 fully saturated rings.